The molecule has 0 aliphatic carbocycles. The third-order valence-corrected chi connectivity index (χ3v) is 5.30. The Morgan fingerprint density at radius 2 is 1.96 bits per heavy atom. The quantitative estimate of drug-likeness (QED) is 0.517. The fraction of sp³-hybridized carbons (Fsp3) is 0.261. The van der Waals surface area contributed by atoms with Crippen molar-refractivity contribution in [3.8, 4) is 0 Å². The number of ketones is 1. The smallest absolute Gasteiger partial charge is 0.246 e. The first-order valence-corrected chi connectivity index (χ1v) is 9.59. The van der Waals surface area contributed by atoms with Gasteiger partial charge in [-0.05, 0) is 29.7 Å². The fourth-order valence-corrected chi connectivity index (χ4v) is 3.85. The van der Waals surface area contributed by atoms with Crippen LogP contribution in [-0.4, -0.2) is 39.5 Å². The second-order valence-electron chi connectivity index (χ2n) is 7.30. The Morgan fingerprint density at radius 1 is 1.14 bits per heavy atom. The van der Waals surface area contributed by atoms with Crippen molar-refractivity contribution >= 4 is 28.5 Å². The monoisotopic (exact) mass is 373 g/mol. The lowest BCUT2D eigenvalue weighted by Crippen LogP contribution is -2.41. The number of rotatable bonds is 4. The van der Waals surface area contributed by atoms with E-state index in [1.54, 1.807) is 27.9 Å². The molecule has 0 radical (unpaired) electrons. The number of benzene rings is 2. The molecule has 28 heavy (non-hydrogen) atoms. The normalized spacial score (nSPS) is 17.3. The summed E-state index contributed by atoms with van der Waals surface area (Å²) < 4.78 is 1.70. The Bertz CT molecular complexity index is 1050. The number of nitrogens with zero attached hydrogens (tertiary/aromatic N) is 3. The molecule has 1 fully saturated rings. The van der Waals surface area contributed by atoms with E-state index in [2.05, 4.69) is 5.10 Å². The van der Waals surface area contributed by atoms with Crippen molar-refractivity contribution in [2.45, 2.75) is 12.8 Å². The molecule has 0 N–H and O–H groups in total. The first-order valence-electron chi connectivity index (χ1n) is 9.59. The van der Waals surface area contributed by atoms with Crippen molar-refractivity contribution in [1.82, 2.24) is 14.7 Å². The van der Waals surface area contributed by atoms with Crippen molar-refractivity contribution in [1.29, 1.82) is 0 Å². The van der Waals surface area contributed by atoms with E-state index in [1.165, 1.54) is 0 Å². The maximum absolute atomic E-state index is 13.2. The zero-order valence-electron chi connectivity index (χ0n) is 15.9. The molecule has 0 bridgehead atoms. The van der Waals surface area contributed by atoms with E-state index in [9.17, 15) is 9.59 Å². The summed E-state index contributed by atoms with van der Waals surface area (Å²) in [6.45, 7) is 1.16. The van der Waals surface area contributed by atoms with Gasteiger partial charge in [-0.25, -0.2) is 0 Å². The van der Waals surface area contributed by atoms with Gasteiger partial charge in [-0.1, -0.05) is 42.5 Å². The summed E-state index contributed by atoms with van der Waals surface area (Å²) in [6.07, 6.45) is 8.57. The van der Waals surface area contributed by atoms with Gasteiger partial charge in [0.15, 0.2) is 5.78 Å². The maximum atomic E-state index is 13.2. The molecular weight excluding hydrogens is 350 g/mol. The number of likely N-dealkylation sites (tertiary alicyclic amines) is 1. The number of amides is 1. The van der Waals surface area contributed by atoms with E-state index in [-0.39, 0.29) is 17.6 Å². The molecule has 1 amide bonds. The summed E-state index contributed by atoms with van der Waals surface area (Å²) in [5.74, 6) is -0.0832. The van der Waals surface area contributed by atoms with E-state index in [4.69, 9.17) is 0 Å². The van der Waals surface area contributed by atoms with Crippen LogP contribution in [0, 0.1) is 5.92 Å². The Labute approximate surface area is 164 Å². The van der Waals surface area contributed by atoms with Crippen molar-refractivity contribution in [2.24, 2.45) is 13.0 Å². The van der Waals surface area contributed by atoms with E-state index >= 15 is 0 Å². The third-order valence-electron chi connectivity index (χ3n) is 5.30. The van der Waals surface area contributed by atoms with Crippen molar-refractivity contribution in [2.75, 3.05) is 13.1 Å². The lowest BCUT2D eigenvalue weighted by molar-refractivity contribution is -0.127. The molecule has 5 heteroatoms. The third kappa shape index (κ3) is 3.74. The second-order valence-corrected chi connectivity index (χ2v) is 7.30. The zero-order valence-corrected chi connectivity index (χ0v) is 15.9. The molecule has 3 aromatic rings. The molecule has 0 saturated carbocycles. The molecule has 0 spiro atoms. The number of carbonyl (C=O) groups is 2. The fourth-order valence-electron chi connectivity index (χ4n) is 3.85. The molecule has 1 unspecified atom stereocenters. The van der Waals surface area contributed by atoms with Gasteiger partial charge >= 0.3 is 0 Å². The number of hydrogen-bond donors (Lipinski definition) is 0. The van der Waals surface area contributed by atoms with Crippen LogP contribution >= 0.6 is 0 Å². The summed E-state index contributed by atoms with van der Waals surface area (Å²) in [5, 5.41) is 6.14. The minimum atomic E-state index is -0.157. The molecular formula is C23H23N3O2. The maximum Gasteiger partial charge on any atom is 0.246 e. The largest absolute Gasteiger partial charge is 0.338 e. The SMILES string of the molecule is Cn1cc(/C=C/C(=O)N2CCCC(C(=O)c3cccc4ccccc34)C2)cn1. The van der Waals surface area contributed by atoms with Gasteiger partial charge in [0.1, 0.15) is 0 Å². The molecule has 1 aliphatic rings. The highest BCUT2D eigenvalue weighted by atomic mass is 16.2. The molecule has 2 aromatic carbocycles. The van der Waals surface area contributed by atoms with Gasteiger partial charge in [-0.2, -0.15) is 5.10 Å². The number of carbonyl (C=O) groups excluding carboxylic acids is 2. The minimum Gasteiger partial charge on any atom is -0.338 e. The van der Waals surface area contributed by atoms with E-state index in [1.807, 2.05) is 55.7 Å². The van der Waals surface area contributed by atoms with Crippen LogP contribution in [0.25, 0.3) is 16.8 Å². The summed E-state index contributed by atoms with van der Waals surface area (Å²) >= 11 is 0. The number of aromatic nitrogens is 2. The minimum absolute atomic E-state index is 0.0562. The Hall–Kier alpha value is -3.21. The molecule has 5 nitrogen and oxygen atoms in total. The average Bonchev–Trinajstić information content (AvgIpc) is 3.16. The van der Waals surface area contributed by atoms with Crippen LogP contribution in [0.1, 0.15) is 28.8 Å². The number of hydrogen-bond acceptors (Lipinski definition) is 3. The standard InChI is InChI=1S/C23H23N3O2/c1-25-15-17(14-24-25)11-12-22(27)26-13-5-8-19(16-26)23(28)21-10-4-7-18-6-2-3-9-20(18)21/h2-4,6-7,9-12,14-15,19H,5,8,13,16H2,1H3/b12-11+. The van der Waals surface area contributed by atoms with Gasteiger partial charge in [0.25, 0.3) is 0 Å². The number of fused-ring (bicyclic) bond motifs is 1. The summed E-state index contributed by atoms with van der Waals surface area (Å²) in [5.41, 5.74) is 1.64. The van der Waals surface area contributed by atoms with Crippen molar-refractivity contribution < 1.29 is 9.59 Å². The predicted octanol–water partition coefficient (Wildman–Crippen LogP) is 3.71. The van der Waals surface area contributed by atoms with Gasteiger partial charge in [-0.3, -0.25) is 14.3 Å². The lowest BCUT2D eigenvalue weighted by atomic mass is 9.88. The number of piperidine rings is 1. The molecule has 1 atom stereocenters. The zero-order chi connectivity index (χ0) is 19.5. The van der Waals surface area contributed by atoms with E-state index < -0.39 is 0 Å². The topological polar surface area (TPSA) is 55.2 Å². The summed E-state index contributed by atoms with van der Waals surface area (Å²) in [4.78, 5) is 27.6. The first kappa shape index (κ1) is 18.2. The Kier molecular flexibility index (Phi) is 5.06. The van der Waals surface area contributed by atoms with Crippen molar-refractivity contribution in [3.05, 3.63) is 72.1 Å². The van der Waals surface area contributed by atoms with Crippen molar-refractivity contribution in [3.63, 3.8) is 0 Å². The molecule has 1 saturated heterocycles. The van der Waals surface area contributed by atoms with E-state index in [0.717, 1.165) is 34.7 Å². The molecule has 142 valence electrons. The summed E-state index contributed by atoms with van der Waals surface area (Å²) in [6, 6.07) is 13.8. The number of aryl methyl sites for hydroxylation is 1. The van der Waals surface area contributed by atoms with Gasteiger partial charge in [0.05, 0.1) is 6.20 Å². The van der Waals surface area contributed by atoms with Gasteiger partial charge in [0.2, 0.25) is 5.91 Å². The highest BCUT2D eigenvalue weighted by molar-refractivity contribution is 6.09. The Balaban J connectivity index is 1.49. The van der Waals surface area contributed by atoms with Crippen LogP contribution in [0.4, 0.5) is 0 Å². The molecule has 1 aliphatic heterocycles. The summed E-state index contributed by atoms with van der Waals surface area (Å²) in [7, 11) is 1.84. The van der Waals surface area contributed by atoms with Crippen LogP contribution in [0.2, 0.25) is 0 Å². The van der Waals surface area contributed by atoms with Gasteiger partial charge in [-0.15, -0.1) is 0 Å². The molecule has 4 rings (SSSR count). The van der Waals surface area contributed by atoms with Gasteiger partial charge in [0, 0.05) is 49.5 Å². The number of Topliss-reactive ketones (excluding diaryl/α,β-unsaturated/α-hetero) is 1. The highest BCUT2D eigenvalue weighted by Crippen LogP contribution is 2.26. The molecule has 2 heterocycles. The predicted molar refractivity (Wildman–Crippen MR) is 110 cm³/mol. The van der Waals surface area contributed by atoms with E-state index in [0.29, 0.717) is 13.1 Å². The highest BCUT2D eigenvalue weighted by Gasteiger charge is 2.29. The first-order chi connectivity index (χ1) is 13.6. The van der Waals surface area contributed by atoms with Gasteiger partial charge < -0.3 is 4.90 Å². The van der Waals surface area contributed by atoms with Crippen LogP contribution in [0.15, 0.2) is 60.9 Å². The Morgan fingerprint density at radius 3 is 2.79 bits per heavy atom. The van der Waals surface area contributed by atoms with Crippen LogP contribution in [0.5, 0.6) is 0 Å². The van der Waals surface area contributed by atoms with Crippen LogP contribution in [0.3, 0.4) is 0 Å². The van der Waals surface area contributed by atoms with Crippen LogP contribution < -0.4 is 0 Å². The lowest BCUT2D eigenvalue weighted by Gasteiger charge is -2.31. The molecule has 1 aromatic heterocycles. The second kappa shape index (κ2) is 7.80. The average molecular weight is 373 g/mol. The van der Waals surface area contributed by atoms with Crippen LogP contribution in [-0.2, 0) is 11.8 Å².